The molecule has 0 aliphatic carbocycles. The van der Waals surface area contributed by atoms with E-state index in [4.69, 9.17) is 19.6 Å². The minimum atomic E-state index is -0.448. The Kier molecular flexibility index (Phi) is 8.68. The highest BCUT2D eigenvalue weighted by Crippen LogP contribution is 2.42. The number of nitrogens with zero attached hydrogens (tertiary/aromatic N) is 1. The number of esters is 1. The van der Waals surface area contributed by atoms with E-state index < -0.39 is 5.60 Å². The minimum Gasteiger partial charge on any atom is -0.493 e. The van der Waals surface area contributed by atoms with Crippen molar-refractivity contribution in [1.82, 2.24) is 4.98 Å². The molecule has 0 amide bonds. The zero-order valence-corrected chi connectivity index (χ0v) is 23.3. The number of carbonyl (C=O) groups is 1. The van der Waals surface area contributed by atoms with E-state index in [1.165, 1.54) is 12.0 Å². The maximum atomic E-state index is 12.5. The van der Waals surface area contributed by atoms with Crippen LogP contribution in [0.25, 0.3) is 32.8 Å². The quantitative estimate of drug-likeness (QED) is 0.262. The molecule has 5 rings (SSSR count). The van der Waals surface area contributed by atoms with Crippen LogP contribution in [0.3, 0.4) is 0 Å². The van der Waals surface area contributed by atoms with Crippen LogP contribution in [-0.4, -0.2) is 34.9 Å². The van der Waals surface area contributed by atoms with Crippen LogP contribution in [0, 0.1) is 6.92 Å². The van der Waals surface area contributed by atoms with Crippen LogP contribution in [0.1, 0.15) is 63.6 Å². The van der Waals surface area contributed by atoms with Crippen LogP contribution >= 0.6 is 0 Å². The molecule has 0 saturated heterocycles. The molecule has 0 spiro atoms. The summed E-state index contributed by atoms with van der Waals surface area (Å²) in [7, 11) is 0. The summed E-state index contributed by atoms with van der Waals surface area (Å²) in [5, 5.41) is 12.5. The Morgan fingerprint density at radius 3 is 2.63 bits per heavy atom. The lowest BCUT2D eigenvalue weighted by molar-refractivity contribution is -0.142. The van der Waals surface area contributed by atoms with E-state index in [9.17, 15) is 4.79 Å². The van der Waals surface area contributed by atoms with Crippen LogP contribution in [0.5, 0.6) is 5.75 Å². The van der Waals surface area contributed by atoms with Gasteiger partial charge in [-0.05, 0) is 85.3 Å². The van der Waals surface area contributed by atoms with Crippen molar-refractivity contribution in [2.24, 2.45) is 0 Å². The third kappa shape index (κ3) is 6.16. The molecule has 0 saturated carbocycles. The molecule has 1 aliphatic rings. The molecular weight excluding hydrogens is 474 g/mol. The Balaban J connectivity index is 0.000000368. The topological polar surface area (TPSA) is 68.7 Å². The van der Waals surface area contributed by atoms with Crippen molar-refractivity contribution in [3.63, 3.8) is 0 Å². The summed E-state index contributed by atoms with van der Waals surface area (Å²) in [5.41, 5.74) is 5.88. The van der Waals surface area contributed by atoms with Gasteiger partial charge in [0.25, 0.3) is 0 Å². The SMILES string of the molecule is CCCCC(C)(C)O.CCOC(=O)Cc1c(C)cc2ccccc2c1-c1ccc2c3c(ccnc13)CCO2. The van der Waals surface area contributed by atoms with Crippen molar-refractivity contribution in [3.8, 4) is 16.9 Å². The Labute approximate surface area is 225 Å². The standard InChI is InChI=1S/C26H23NO3.C7H16O/c1-3-29-23(28)15-21-16(2)14-18-6-4-5-7-19(18)25(21)20-8-9-22-24-17(11-13-30-22)10-12-27-26(20)24;1-4-5-6-7(2,3)8/h4-10,12,14H,3,11,13,15H2,1-2H3;8H,4-6H2,1-3H3. The van der Waals surface area contributed by atoms with Gasteiger partial charge in [0.15, 0.2) is 0 Å². The van der Waals surface area contributed by atoms with E-state index >= 15 is 0 Å². The number of pyridine rings is 1. The third-order valence-electron chi connectivity index (χ3n) is 6.99. The number of hydrogen-bond acceptors (Lipinski definition) is 5. The van der Waals surface area contributed by atoms with Gasteiger partial charge in [0.2, 0.25) is 0 Å². The summed E-state index contributed by atoms with van der Waals surface area (Å²) < 4.78 is 11.2. The van der Waals surface area contributed by atoms with Gasteiger partial charge >= 0.3 is 5.97 Å². The van der Waals surface area contributed by atoms with E-state index in [0.717, 1.165) is 68.9 Å². The van der Waals surface area contributed by atoms with Crippen LogP contribution in [0.2, 0.25) is 0 Å². The largest absolute Gasteiger partial charge is 0.493 e. The average molecular weight is 514 g/mol. The number of aliphatic hydroxyl groups is 1. The van der Waals surface area contributed by atoms with Gasteiger partial charge in [-0.2, -0.15) is 0 Å². The van der Waals surface area contributed by atoms with Crippen molar-refractivity contribution in [1.29, 1.82) is 0 Å². The molecule has 200 valence electrons. The summed E-state index contributed by atoms with van der Waals surface area (Å²) in [4.78, 5) is 17.2. The predicted molar refractivity (Wildman–Crippen MR) is 155 cm³/mol. The lowest BCUT2D eigenvalue weighted by Crippen LogP contribution is -2.17. The molecule has 1 N–H and O–H groups in total. The summed E-state index contributed by atoms with van der Waals surface area (Å²) in [6, 6.07) is 16.6. The molecule has 5 heteroatoms. The molecule has 0 unspecified atom stereocenters. The molecule has 0 fully saturated rings. The number of hydrogen-bond donors (Lipinski definition) is 1. The summed E-state index contributed by atoms with van der Waals surface area (Å²) >= 11 is 0. The van der Waals surface area contributed by atoms with Gasteiger partial charge in [0.05, 0.1) is 30.8 Å². The fourth-order valence-corrected chi connectivity index (χ4v) is 5.14. The van der Waals surface area contributed by atoms with Gasteiger partial charge in [-0.25, -0.2) is 0 Å². The fraction of sp³-hybridized carbons (Fsp3) is 0.394. The van der Waals surface area contributed by atoms with Crippen molar-refractivity contribution in [2.45, 2.75) is 72.3 Å². The number of carbonyl (C=O) groups excluding carboxylic acids is 1. The molecule has 1 aliphatic heterocycles. The van der Waals surface area contributed by atoms with Gasteiger partial charge in [0, 0.05) is 23.6 Å². The summed E-state index contributed by atoms with van der Waals surface area (Å²) in [6.07, 6.45) is 6.20. The maximum absolute atomic E-state index is 12.5. The van der Waals surface area contributed by atoms with E-state index in [1.807, 2.05) is 45.2 Å². The minimum absolute atomic E-state index is 0.212. The second-order valence-electron chi connectivity index (χ2n) is 10.6. The van der Waals surface area contributed by atoms with Crippen LogP contribution < -0.4 is 4.74 Å². The first kappa shape index (κ1) is 27.6. The van der Waals surface area contributed by atoms with Gasteiger partial charge in [-0.3, -0.25) is 9.78 Å². The van der Waals surface area contributed by atoms with E-state index in [1.54, 1.807) is 0 Å². The molecule has 2 heterocycles. The third-order valence-corrected chi connectivity index (χ3v) is 6.99. The Morgan fingerprint density at radius 1 is 1.13 bits per heavy atom. The smallest absolute Gasteiger partial charge is 0.310 e. The molecule has 38 heavy (non-hydrogen) atoms. The number of benzene rings is 3. The predicted octanol–water partition coefficient (Wildman–Crippen LogP) is 7.35. The van der Waals surface area contributed by atoms with Gasteiger partial charge < -0.3 is 14.6 Å². The zero-order valence-electron chi connectivity index (χ0n) is 23.3. The van der Waals surface area contributed by atoms with E-state index in [0.29, 0.717) is 13.2 Å². The normalized spacial score (nSPS) is 12.6. The first-order valence-electron chi connectivity index (χ1n) is 13.7. The molecule has 3 aromatic carbocycles. The number of unbranched alkanes of at least 4 members (excludes halogenated alkanes) is 1. The molecule has 0 atom stereocenters. The highest BCUT2D eigenvalue weighted by Gasteiger charge is 2.22. The number of aryl methyl sites for hydroxylation is 1. The highest BCUT2D eigenvalue weighted by atomic mass is 16.5. The second kappa shape index (κ2) is 12.0. The Bertz CT molecular complexity index is 1420. The molecule has 0 bridgehead atoms. The van der Waals surface area contributed by atoms with Gasteiger partial charge in [-0.1, -0.05) is 50.1 Å². The maximum Gasteiger partial charge on any atom is 0.310 e. The van der Waals surface area contributed by atoms with E-state index in [2.05, 4.69) is 44.2 Å². The van der Waals surface area contributed by atoms with Crippen LogP contribution in [-0.2, 0) is 22.4 Å². The number of rotatable bonds is 7. The first-order valence-corrected chi connectivity index (χ1v) is 13.7. The first-order chi connectivity index (χ1) is 18.2. The Hall–Kier alpha value is -3.44. The highest BCUT2D eigenvalue weighted by molar-refractivity contribution is 6.08. The van der Waals surface area contributed by atoms with Crippen molar-refractivity contribution in [3.05, 3.63) is 71.4 Å². The lowest BCUT2D eigenvalue weighted by Gasteiger charge is -2.22. The summed E-state index contributed by atoms with van der Waals surface area (Å²) in [5.74, 6) is 0.670. The molecule has 0 radical (unpaired) electrons. The van der Waals surface area contributed by atoms with Crippen molar-refractivity contribution >= 4 is 27.6 Å². The molecule has 1 aromatic heterocycles. The summed E-state index contributed by atoms with van der Waals surface area (Å²) in [6.45, 7) is 10.8. The Morgan fingerprint density at radius 2 is 1.92 bits per heavy atom. The zero-order chi connectivity index (χ0) is 27.3. The molecule has 4 aromatic rings. The fourth-order valence-electron chi connectivity index (χ4n) is 5.14. The number of ether oxygens (including phenoxy) is 2. The lowest BCUT2D eigenvalue weighted by atomic mass is 9.87. The second-order valence-corrected chi connectivity index (χ2v) is 10.6. The molecule has 5 nitrogen and oxygen atoms in total. The van der Waals surface area contributed by atoms with Gasteiger partial charge in [-0.15, -0.1) is 0 Å². The molecular formula is C33H39NO4. The number of fused-ring (bicyclic) bond motifs is 1. The van der Waals surface area contributed by atoms with E-state index in [-0.39, 0.29) is 12.4 Å². The monoisotopic (exact) mass is 513 g/mol. The average Bonchev–Trinajstić information content (AvgIpc) is 2.89. The van der Waals surface area contributed by atoms with Gasteiger partial charge in [0.1, 0.15) is 5.75 Å². The number of aromatic nitrogens is 1. The van der Waals surface area contributed by atoms with Crippen LogP contribution in [0.15, 0.2) is 54.7 Å². The van der Waals surface area contributed by atoms with Crippen LogP contribution in [0.4, 0.5) is 0 Å². The van der Waals surface area contributed by atoms with Crippen molar-refractivity contribution < 1.29 is 19.4 Å². The van der Waals surface area contributed by atoms with Crippen molar-refractivity contribution in [2.75, 3.05) is 13.2 Å².